The Morgan fingerprint density at radius 2 is 2.27 bits per heavy atom. The Morgan fingerprint density at radius 3 is 3.00 bits per heavy atom. The standard InChI is InChI=1S/C15H15ClN4O2/c1-20(15(21)13-11(16)8-18-9-19-13)12-4-6-22-14(12)10-3-2-5-17-7-10/h2-3,5,7-9,12,14H,4,6H2,1H3/t12-,14+/m0/s1. The van der Waals surface area contributed by atoms with Gasteiger partial charge in [-0.15, -0.1) is 0 Å². The number of likely N-dealkylation sites (N-methyl/N-ethyl adjacent to an activating group) is 1. The summed E-state index contributed by atoms with van der Waals surface area (Å²) in [5.74, 6) is -0.239. The van der Waals surface area contributed by atoms with E-state index in [0.29, 0.717) is 6.61 Å². The highest BCUT2D eigenvalue weighted by Gasteiger charge is 2.36. The smallest absolute Gasteiger partial charge is 0.274 e. The molecule has 2 atom stereocenters. The molecule has 7 heteroatoms. The first-order chi connectivity index (χ1) is 10.7. The summed E-state index contributed by atoms with van der Waals surface area (Å²) in [6, 6.07) is 3.73. The fraction of sp³-hybridized carbons (Fsp3) is 0.333. The first-order valence-electron chi connectivity index (χ1n) is 6.92. The van der Waals surface area contributed by atoms with Gasteiger partial charge in [-0.2, -0.15) is 0 Å². The third kappa shape index (κ3) is 2.80. The Morgan fingerprint density at radius 1 is 1.41 bits per heavy atom. The van der Waals surface area contributed by atoms with Crippen molar-refractivity contribution in [3.05, 3.63) is 53.3 Å². The fourth-order valence-electron chi connectivity index (χ4n) is 2.63. The molecule has 1 fully saturated rings. The summed E-state index contributed by atoms with van der Waals surface area (Å²) < 4.78 is 5.79. The van der Waals surface area contributed by atoms with E-state index in [1.165, 1.54) is 12.5 Å². The molecular weight excluding hydrogens is 304 g/mol. The van der Waals surface area contributed by atoms with E-state index >= 15 is 0 Å². The molecule has 0 spiro atoms. The summed E-state index contributed by atoms with van der Waals surface area (Å²) in [6.45, 7) is 0.597. The molecule has 1 saturated heterocycles. The number of carbonyl (C=O) groups is 1. The van der Waals surface area contributed by atoms with E-state index in [1.807, 2.05) is 12.1 Å². The zero-order valence-electron chi connectivity index (χ0n) is 12.0. The first kappa shape index (κ1) is 14.9. The van der Waals surface area contributed by atoms with Crippen LogP contribution in [0.3, 0.4) is 0 Å². The number of pyridine rings is 1. The van der Waals surface area contributed by atoms with Crippen LogP contribution in [0.1, 0.15) is 28.6 Å². The molecule has 1 aliphatic rings. The molecule has 22 heavy (non-hydrogen) atoms. The highest BCUT2D eigenvalue weighted by Crippen LogP contribution is 2.32. The lowest BCUT2D eigenvalue weighted by Gasteiger charge is -2.28. The van der Waals surface area contributed by atoms with Crippen molar-refractivity contribution in [2.24, 2.45) is 0 Å². The third-order valence-corrected chi connectivity index (χ3v) is 4.04. The SMILES string of the molecule is CN(C(=O)c1ncncc1Cl)[C@H]1CCO[C@@H]1c1cccnc1. The van der Waals surface area contributed by atoms with Crippen LogP contribution in [0.5, 0.6) is 0 Å². The zero-order chi connectivity index (χ0) is 15.5. The normalized spacial score (nSPS) is 20.8. The van der Waals surface area contributed by atoms with Crippen molar-refractivity contribution < 1.29 is 9.53 Å². The Kier molecular flexibility index (Phi) is 4.31. The van der Waals surface area contributed by atoms with E-state index in [4.69, 9.17) is 16.3 Å². The van der Waals surface area contributed by atoms with Crippen LogP contribution in [-0.2, 0) is 4.74 Å². The van der Waals surface area contributed by atoms with Gasteiger partial charge in [0, 0.05) is 37.8 Å². The molecule has 3 heterocycles. The largest absolute Gasteiger partial charge is 0.371 e. The summed E-state index contributed by atoms with van der Waals surface area (Å²) in [6.07, 6.45) is 6.77. The number of rotatable bonds is 3. The maximum absolute atomic E-state index is 12.6. The Hall–Kier alpha value is -2.05. The van der Waals surface area contributed by atoms with Crippen LogP contribution in [0.15, 0.2) is 37.1 Å². The van der Waals surface area contributed by atoms with Crippen LogP contribution >= 0.6 is 11.6 Å². The minimum Gasteiger partial charge on any atom is -0.371 e. The van der Waals surface area contributed by atoms with Gasteiger partial charge in [0.05, 0.1) is 11.1 Å². The van der Waals surface area contributed by atoms with Crippen molar-refractivity contribution in [3.63, 3.8) is 0 Å². The first-order valence-corrected chi connectivity index (χ1v) is 7.30. The van der Waals surface area contributed by atoms with Gasteiger partial charge >= 0.3 is 0 Å². The van der Waals surface area contributed by atoms with Crippen LogP contribution in [0.4, 0.5) is 0 Å². The predicted octanol–water partition coefficient (Wildman–Crippen LogP) is 2.13. The average Bonchev–Trinajstić information content (AvgIpc) is 3.04. The maximum atomic E-state index is 12.6. The summed E-state index contributed by atoms with van der Waals surface area (Å²) in [7, 11) is 1.74. The number of nitrogens with zero attached hydrogens (tertiary/aromatic N) is 4. The third-order valence-electron chi connectivity index (χ3n) is 3.76. The summed E-state index contributed by atoms with van der Waals surface area (Å²) >= 11 is 6.01. The van der Waals surface area contributed by atoms with Gasteiger partial charge in [0.2, 0.25) is 0 Å². The Balaban J connectivity index is 1.83. The summed E-state index contributed by atoms with van der Waals surface area (Å²) in [5.41, 5.74) is 1.16. The van der Waals surface area contributed by atoms with Gasteiger partial charge < -0.3 is 9.64 Å². The monoisotopic (exact) mass is 318 g/mol. The molecule has 2 aromatic heterocycles. The van der Waals surface area contributed by atoms with E-state index in [1.54, 1.807) is 24.3 Å². The molecule has 1 aliphatic heterocycles. The second-order valence-corrected chi connectivity index (χ2v) is 5.48. The molecular formula is C15H15ClN4O2. The van der Waals surface area contributed by atoms with E-state index in [9.17, 15) is 4.79 Å². The van der Waals surface area contributed by atoms with E-state index in [0.717, 1.165) is 12.0 Å². The van der Waals surface area contributed by atoms with Crippen LogP contribution in [0.25, 0.3) is 0 Å². The molecule has 3 rings (SSSR count). The van der Waals surface area contributed by atoms with Crippen molar-refractivity contribution >= 4 is 17.5 Å². The quantitative estimate of drug-likeness (QED) is 0.867. The lowest BCUT2D eigenvalue weighted by Crippen LogP contribution is -2.39. The molecule has 0 aliphatic carbocycles. The van der Waals surface area contributed by atoms with E-state index in [2.05, 4.69) is 15.0 Å². The lowest BCUT2D eigenvalue weighted by atomic mass is 10.0. The molecule has 0 aromatic carbocycles. The van der Waals surface area contributed by atoms with Crippen LogP contribution in [-0.4, -0.2) is 45.5 Å². The van der Waals surface area contributed by atoms with Crippen LogP contribution in [0, 0.1) is 0 Å². The minimum atomic E-state index is -0.239. The van der Waals surface area contributed by atoms with Crippen molar-refractivity contribution in [1.29, 1.82) is 0 Å². The predicted molar refractivity (Wildman–Crippen MR) is 80.5 cm³/mol. The van der Waals surface area contributed by atoms with Crippen molar-refractivity contribution in [1.82, 2.24) is 19.9 Å². The van der Waals surface area contributed by atoms with Gasteiger partial charge in [-0.25, -0.2) is 9.97 Å². The van der Waals surface area contributed by atoms with Gasteiger partial charge in [-0.1, -0.05) is 17.7 Å². The average molecular weight is 319 g/mol. The van der Waals surface area contributed by atoms with Crippen molar-refractivity contribution in [3.8, 4) is 0 Å². The highest BCUT2D eigenvalue weighted by atomic mass is 35.5. The summed E-state index contributed by atoms with van der Waals surface area (Å²) in [4.78, 5) is 26.1. The molecule has 2 aromatic rings. The van der Waals surface area contributed by atoms with Crippen molar-refractivity contribution in [2.45, 2.75) is 18.6 Å². The number of ether oxygens (including phenoxy) is 1. The molecule has 0 N–H and O–H groups in total. The number of amides is 1. The van der Waals surface area contributed by atoms with Gasteiger partial charge in [-0.05, 0) is 12.5 Å². The van der Waals surface area contributed by atoms with Crippen LogP contribution in [0.2, 0.25) is 5.02 Å². The summed E-state index contributed by atoms with van der Waals surface area (Å²) in [5, 5.41) is 0.246. The van der Waals surface area contributed by atoms with Gasteiger partial charge in [0.1, 0.15) is 18.1 Å². The van der Waals surface area contributed by atoms with Gasteiger partial charge in [0.25, 0.3) is 5.91 Å². The molecule has 0 unspecified atom stereocenters. The second-order valence-electron chi connectivity index (χ2n) is 5.07. The topological polar surface area (TPSA) is 68.2 Å². The Bertz CT molecular complexity index is 668. The lowest BCUT2D eigenvalue weighted by molar-refractivity contribution is 0.0511. The number of aromatic nitrogens is 3. The number of carbonyl (C=O) groups excluding carboxylic acids is 1. The van der Waals surface area contributed by atoms with Gasteiger partial charge in [0.15, 0.2) is 0 Å². The molecule has 0 radical (unpaired) electrons. The molecule has 114 valence electrons. The molecule has 1 amide bonds. The van der Waals surface area contributed by atoms with Crippen LogP contribution < -0.4 is 0 Å². The molecule has 6 nitrogen and oxygen atoms in total. The molecule has 0 saturated carbocycles. The minimum absolute atomic E-state index is 0.0808. The second kappa shape index (κ2) is 6.37. The van der Waals surface area contributed by atoms with Crippen molar-refractivity contribution in [2.75, 3.05) is 13.7 Å². The number of halogens is 1. The number of hydrogen-bond acceptors (Lipinski definition) is 5. The van der Waals surface area contributed by atoms with E-state index < -0.39 is 0 Å². The Labute approximate surface area is 133 Å². The van der Waals surface area contributed by atoms with Gasteiger partial charge in [-0.3, -0.25) is 9.78 Å². The number of hydrogen-bond donors (Lipinski definition) is 0. The highest BCUT2D eigenvalue weighted by molar-refractivity contribution is 6.33. The maximum Gasteiger partial charge on any atom is 0.274 e. The fourth-order valence-corrected chi connectivity index (χ4v) is 2.81. The van der Waals surface area contributed by atoms with E-state index in [-0.39, 0.29) is 28.8 Å². The molecule has 0 bridgehead atoms. The zero-order valence-corrected chi connectivity index (χ0v) is 12.8.